The van der Waals surface area contributed by atoms with E-state index in [1.165, 1.54) is 15.3 Å². The van der Waals surface area contributed by atoms with Crippen LogP contribution in [0.5, 0.6) is 0 Å². The Kier molecular flexibility index (Phi) is 6.07. The quantitative estimate of drug-likeness (QED) is 0.311. The topological polar surface area (TPSA) is 38.1 Å². The molecular weight excluding hydrogens is 432 g/mol. The molecule has 0 aliphatic carbocycles. The van der Waals surface area contributed by atoms with Crippen molar-refractivity contribution in [2.45, 2.75) is 31.3 Å². The molecule has 0 bridgehead atoms. The number of hydrogen-bond donors (Lipinski definition) is 1. The van der Waals surface area contributed by atoms with Crippen molar-refractivity contribution in [2.24, 2.45) is 0 Å². The Morgan fingerprint density at radius 2 is 1.73 bits per heavy atom. The Morgan fingerprint density at radius 1 is 1.03 bits per heavy atom. The molecule has 2 aromatic carbocycles. The van der Waals surface area contributed by atoms with Crippen molar-refractivity contribution in [2.75, 3.05) is 5.75 Å². The molecule has 0 radical (unpaired) electrons. The van der Waals surface area contributed by atoms with E-state index in [1.54, 1.807) is 25.2 Å². The van der Waals surface area contributed by atoms with E-state index in [0.717, 1.165) is 22.0 Å². The average Bonchev–Trinajstić information content (AvgIpc) is 3.36. The lowest BCUT2D eigenvalue weighted by molar-refractivity contribution is 0.0734. The second kappa shape index (κ2) is 8.60. The van der Waals surface area contributed by atoms with Crippen LogP contribution in [-0.4, -0.2) is 20.6 Å². The van der Waals surface area contributed by atoms with E-state index < -0.39 is 5.60 Å². The number of halogens is 1. The Bertz CT molecular complexity index is 1170. The minimum atomic E-state index is -1.05. The number of benzene rings is 2. The van der Waals surface area contributed by atoms with Crippen LogP contribution < -0.4 is 0 Å². The normalized spacial score (nSPS) is 11.8. The summed E-state index contributed by atoms with van der Waals surface area (Å²) in [5.41, 5.74) is 2.51. The molecule has 2 aromatic heterocycles. The van der Waals surface area contributed by atoms with Crippen molar-refractivity contribution < 1.29 is 5.11 Å². The van der Waals surface area contributed by atoms with Gasteiger partial charge in [0.15, 0.2) is 0 Å². The molecule has 0 saturated carbocycles. The van der Waals surface area contributed by atoms with Gasteiger partial charge in [0.1, 0.15) is 5.60 Å². The maximum absolute atomic E-state index is 10.6. The lowest BCUT2D eigenvalue weighted by atomic mass is 10.1. The van der Waals surface area contributed by atoms with E-state index in [4.69, 9.17) is 16.7 Å². The fourth-order valence-corrected chi connectivity index (χ4v) is 5.38. The molecule has 30 heavy (non-hydrogen) atoms. The van der Waals surface area contributed by atoms with E-state index in [0.29, 0.717) is 10.7 Å². The maximum atomic E-state index is 10.6. The Morgan fingerprint density at radius 3 is 2.47 bits per heavy atom. The predicted octanol–water partition coefficient (Wildman–Crippen LogP) is 7.26. The molecule has 0 unspecified atom stereocenters. The number of aromatic nitrogens is 2. The van der Waals surface area contributed by atoms with Crippen LogP contribution in [0.15, 0.2) is 71.6 Å². The van der Waals surface area contributed by atoms with Gasteiger partial charge in [-0.25, -0.2) is 4.68 Å². The highest BCUT2D eigenvalue weighted by Crippen LogP contribution is 2.40. The molecule has 0 spiro atoms. The number of thioether (sulfide) groups is 1. The fourth-order valence-electron chi connectivity index (χ4n) is 3.23. The minimum Gasteiger partial charge on any atom is -0.384 e. The molecule has 4 rings (SSSR count). The van der Waals surface area contributed by atoms with Gasteiger partial charge in [-0.3, -0.25) is 0 Å². The SMILES string of the molecule is CCSc1ccccc1-c1ccc(-c2cc(C(C)(C)O)nn2-c2ccccc2Cl)s1. The molecule has 0 aliphatic heterocycles. The first-order chi connectivity index (χ1) is 14.4. The zero-order chi connectivity index (χ0) is 21.3. The number of rotatable bonds is 6. The predicted molar refractivity (Wildman–Crippen MR) is 129 cm³/mol. The summed E-state index contributed by atoms with van der Waals surface area (Å²) in [5, 5.41) is 15.9. The van der Waals surface area contributed by atoms with Gasteiger partial charge in [0, 0.05) is 15.3 Å². The number of nitrogens with zero attached hydrogens (tertiary/aromatic N) is 2. The van der Waals surface area contributed by atoms with E-state index in [-0.39, 0.29) is 0 Å². The van der Waals surface area contributed by atoms with Crippen LogP contribution in [0.1, 0.15) is 26.5 Å². The smallest absolute Gasteiger partial charge is 0.103 e. The number of para-hydroxylation sites is 1. The Balaban J connectivity index is 1.84. The van der Waals surface area contributed by atoms with Crippen molar-refractivity contribution in [3.63, 3.8) is 0 Å². The second-order valence-corrected chi connectivity index (χ2v) is 10.2. The monoisotopic (exact) mass is 454 g/mol. The second-order valence-electron chi connectivity index (χ2n) is 7.43. The zero-order valence-electron chi connectivity index (χ0n) is 17.1. The number of hydrogen-bond acceptors (Lipinski definition) is 4. The first-order valence-corrected chi connectivity index (χ1v) is 12.0. The zero-order valence-corrected chi connectivity index (χ0v) is 19.5. The van der Waals surface area contributed by atoms with Gasteiger partial charge in [0.05, 0.1) is 27.0 Å². The molecule has 154 valence electrons. The van der Waals surface area contributed by atoms with Crippen molar-refractivity contribution in [1.29, 1.82) is 0 Å². The molecule has 0 aliphatic rings. The molecule has 2 heterocycles. The first kappa shape index (κ1) is 21.2. The summed E-state index contributed by atoms with van der Waals surface area (Å²) >= 11 is 10.0. The Hall–Kier alpha value is -2.05. The summed E-state index contributed by atoms with van der Waals surface area (Å²) in [6, 6.07) is 22.3. The standard InChI is InChI=1S/C24H23ClN2OS2/c1-4-29-20-12-8-5-9-16(20)21-13-14-22(30-21)19-15-23(24(2,3)28)26-27(19)18-11-7-6-10-17(18)25/h5-15,28H,4H2,1-3H3. The molecular formula is C24H23ClN2OS2. The summed E-state index contributed by atoms with van der Waals surface area (Å²) in [7, 11) is 0. The third-order valence-corrected chi connectivity index (χ3v) is 7.14. The molecule has 0 saturated heterocycles. The maximum Gasteiger partial charge on any atom is 0.103 e. The summed E-state index contributed by atoms with van der Waals surface area (Å²) in [6.07, 6.45) is 0. The summed E-state index contributed by atoms with van der Waals surface area (Å²) in [5.74, 6) is 1.03. The van der Waals surface area contributed by atoms with Gasteiger partial charge < -0.3 is 5.11 Å². The van der Waals surface area contributed by atoms with Gasteiger partial charge in [-0.2, -0.15) is 5.10 Å². The van der Waals surface area contributed by atoms with Crippen molar-refractivity contribution in [3.8, 4) is 26.7 Å². The molecule has 1 N–H and O–H groups in total. The summed E-state index contributed by atoms with van der Waals surface area (Å²) in [4.78, 5) is 3.56. The van der Waals surface area contributed by atoms with Crippen LogP contribution in [0, 0.1) is 0 Å². The highest BCUT2D eigenvalue weighted by atomic mass is 35.5. The lowest BCUT2D eigenvalue weighted by Gasteiger charge is -2.13. The lowest BCUT2D eigenvalue weighted by Crippen LogP contribution is -2.16. The van der Waals surface area contributed by atoms with Gasteiger partial charge in [-0.05, 0) is 56.0 Å². The van der Waals surface area contributed by atoms with Gasteiger partial charge in [-0.1, -0.05) is 48.9 Å². The number of aliphatic hydroxyl groups is 1. The van der Waals surface area contributed by atoms with E-state index in [2.05, 4.69) is 43.3 Å². The highest BCUT2D eigenvalue weighted by Gasteiger charge is 2.24. The van der Waals surface area contributed by atoms with Crippen molar-refractivity contribution in [1.82, 2.24) is 9.78 Å². The van der Waals surface area contributed by atoms with Crippen molar-refractivity contribution in [3.05, 3.63) is 77.4 Å². The highest BCUT2D eigenvalue weighted by molar-refractivity contribution is 7.99. The van der Waals surface area contributed by atoms with Crippen LogP contribution in [0.2, 0.25) is 5.02 Å². The molecule has 3 nitrogen and oxygen atoms in total. The third kappa shape index (κ3) is 4.21. The van der Waals surface area contributed by atoms with Gasteiger partial charge in [-0.15, -0.1) is 23.1 Å². The Labute approximate surface area is 190 Å². The largest absolute Gasteiger partial charge is 0.384 e. The summed E-state index contributed by atoms with van der Waals surface area (Å²) in [6.45, 7) is 5.66. The molecule has 0 atom stereocenters. The summed E-state index contributed by atoms with van der Waals surface area (Å²) < 4.78 is 1.83. The van der Waals surface area contributed by atoms with Crippen LogP contribution in [0.25, 0.3) is 26.7 Å². The van der Waals surface area contributed by atoms with Crippen LogP contribution in [0.4, 0.5) is 0 Å². The van der Waals surface area contributed by atoms with Crippen LogP contribution >= 0.6 is 34.7 Å². The van der Waals surface area contributed by atoms with Crippen molar-refractivity contribution >= 4 is 34.7 Å². The van der Waals surface area contributed by atoms with Gasteiger partial charge in [0.2, 0.25) is 0 Å². The molecule has 6 heteroatoms. The third-order valence-electron chi connectivity index (χ3n) is 4.73. The number of thiophene rings is 1. The van der Waals surface area contributed by atoms with E-state index >= 15 is 0 Å². The van der Waals surface area contributed by atoms with Crippen LogP contribution in [0.3, 0.4) is 0 Å². The molecule has 0 amide bonds. The fraction of sp³-hybridized carbons (Fsp3) is 0.208. The van der Waals surface area contributed by atoms with E-state index in [1.807, 2.05) is 46.8 Å². The van der Waals surface area contributed by atoms with Gasteiger partial charge >= 0.3 is 0 Å². The first-order valence-electron chi connectivity index (χ1n) is 9.78. The average molecular weight is 455 g/mol. The van der Waals surface area contributed by atoms with Crippen LogP contribution in [-0.2, 0) is 5.60 Å². The van der Waals surface area contributed by atoms with E-state index in [9.17, 15) is 5.11 Å². The molecule has 4 aromatic rings. The molecule has 0 fully saturated rings. The van der Waals surface area contributed by atoms with Gasteiger partial charge in [0.25, 0.3) is 0 Å². The minimum absolute atomic E-state index is 0.606.